The Labute approximate surface area is 482 Å². The molecule has 0 aliphatic heterocycles. The highest BCUT2D eigenvalue weighted by Gasteiger charge is 2.29. The Bertz CT molecular complexity index is 2370. The Morgan fingerprint density at radius 3 is 0.692 bits per heavy atom. The highest BCUT2D eigenvalue weighted by atomic mass is 79.9. The maximum atomic E-state index is 9.85. The molecule has 4 N–H and O–H groups in total. The summed E-state index contributed by atoms with van der Waals surface area (Å²) < 4.78 is 14.9. The van der Waals surface area contributed by atoms with Gasteiger partial charge in [0.25, 0.3) is 0 Å². The summed E-state index contributed by atoms with van der Waals surface area (Å²) in [6.07, 6.45) is 0. The van der Waals surface area contributed by atoms with Gasteiger partial charge in [-0.2, -0.15) is 0 Å². The van der Waals surface area contributed by atoms with E-state index in [0.717, 1.165) is 45.9 Å². The molecule has 0 atom stereocenters. The van der Waals surface area contributed by atoms with Crippen molar-refractivity contribution in [3.63, 3.8) is 0 Å². The summed E-state index contributed by atoms with van der Waals surface area (Å²) in [5, 5.41) is 39.4. The molecule has 17 heteroatoms. The predicted octanol–water partition coefficient (Wildman–Crippen LogP) is 20.7. The summed E-state index contributed by atoms with van der Waals surface area (Å²) in [6, 6.07) is 23.8. The fourth-order valence-corrected chi connectivity index (χ4v) is 13.8. The molecule has 0 aromatic heterocycles. The molecule has 0 amide bonds. The van der Waals surface area contributed by atoms with Gasteiger partial charge in [-0.05, 0) is 285 Å². The summed E-state index contributed by atoms with van der Waals surface area (Å²) >= 11 is 41.5. The molecule has 0 heterocycles. The first-order chi connectivity index (χ1) is 30.0. The van der Waals surface area contributed by atoms with E-state index in [-0.39, 0.29) is 39.2 Å². The van der Waals surface area contributed by atoms with Crippen LogP contribution in [0.3, 0.4) is 0 Å². The summed E-state index contributed by atoms with van der Waals surface area (Å²) in [6.45, 7) is 17.5. The van der Waals surface area contributed by atoms with Gasteiger partial charge < -0.3 is 25.2 Å². The fraction of sp³-hybridized carbons (Fsp3) is 0.250. The van der Waals surface area contributed by atoms with Crippen LogP contribution in [0.5, 0.6) is 28.7 Å². The number of hydrogen-bond donors (Lipinski definition) is 4. The van der Waals surface area contributed by atoms with Crippen LogP contribution < -0.4 is 4.74 Å². The van der Waals surface area contributed by atoms with Crippen molar-refractivity contribution >= 4 is 191 Å². The van der Waals surface area contributed by atoms with Crippen molar-refractivity contribution in [3.8, 4) is 28.7 Å². The molecule has 0 aliphatic carbocycles. The van der Waals surface area contributed by atoms with Crippen LogP contribution in [0.2, 0.25) is 0 Å². The SMILES string of the molecule is CC(C)(c1cc(Br)c(O)c(Br)c1)c1cc(Br)c(O)c(Br)c1.CC(C)(c1cc(Br)c(O)c(Br)c1)c1cc(Br)c(O)c(Br)c1.CCOc1c(Br)cc(C(C)(C)c2cc(Br)c(C)c(Br)c2)cc1Br. The van der Waals surface area contributed by atoms with E-state index in [1.807, 2.05) is 55.5 Å². The molecule has 0 bridgehead atoms. The third-order valence-electron chi connectivity index (χ3n) is 11.0. The second kappa shape index (κ2) is 23.5. The highest BCUT2D eigenvalue weighted by Crippen LogP contribution is 2.46. The van der Waals surface area contributed by atoms with Crippen molar-refractivity contribution in [2.75, 3.05) is 6.61 Å². The number of aromatic hydroxyl groups is 4. The molecule has 5 nitrogen and oxygen atoms in total. The second-order valence-corrected chi connectivity index (χ2v) is 26.5. The number of phenols is 4. The van der Waals surface area contributed by atoms with Crippen molar-refractivity contribution in [1.29, 1.82) is 0 Å². The number of benzene rings is 6. The van der Waals surface area contributed by atoms with Crippen LogP contribution >= 0.6 is 191 Å². The lowest BCUT2D eigenvalue weighted by molar-refractivity contribution is 0.335. The van der Waals surface area contributed by atoms with E-state index in [4.69, 9.17) is 4.74 Å². The van der Waals surface area contributed by atoms with Crippen LogP contribution in [-0.2, 0) is 16.2 Å². The van der Waals surface area contributed by atoms with Crippen LogP contribution in [0.15, 0.2) is 126 Å². The zero-order valence-electron chi connectivity index (χ0n) is 35.9. The lowest BCUT2D eigenvalue weighted by atomic mass is 9.78. The molecule has 0 fully saturated rings. The van der Waals surface area contributed by atoms with Gasteiger partial charge >= 0.3 is 0 Å². The van der Waals surface area contributed by atoms with E-state index >= 15 is 0 Å². The molecule has 6 rings (SSSR count). The molecule has 0 saturated carbocycles. The van der Waals surface area contributed by atoms with E-state index in [2.05, 4.69) is 264 Å². The smallest absolute Gasteiger partial charge is 0.147 e. The van der Waals surface area contributed by atoms with Crippen LogP contribution in [0.4, 0.5) is 0 Å². The molecular weight excluding hydrogens is 1620 g/mol. The zero-order chi connectivity index (χ0) is 49.3. The molecule has 6 aromatic rings. The quantitative estimate of drug-likeness (QED) is 0.122. The van der Waals surface area contributed by atoms with Crippen molar-refractivity contribution in [3.05, 3.63) is 165 Å². The lowest BCUT2D eigenvalue weighted by Gasteiger charge is -2.28. The molecule has 0 aliphatic rings. The number of ether oxygens (including phenoxy) is 1. The van der Waals surface area contributed by atoms with Gasteiger partial charge in [-0.25, -0.2) is 0 Å². The van der Waals surface area contributed by atoms with Gasteiger partial charge in [0.05, 0.1) is 51.3 Å². The summed E-state index contributed by atoms with van der Waals surface area (Å²) in [4.78, 5) is 0. The first kappa shape index (κ1) is 57.7. The van der Waals surface area contributed by atoms with Gasteiger partial charge in [-0.3, -0.25) is 0 Å². The minimum atomic E-state index is -0.308. The first-order valence-corrected chi connectivity index (χ1v) is 28.8. The van der Waals surface area contributed by atoms with Gasteiger partial charge in [0.1, 0.15) is 28.7 Å². The lowest BCUT2D eigenvalue weighted by Crippen LogP contribution is -2.19. The van der Waals surface area contributed by atoms with E-state index in [1.54, 1.807) is 0 Å². The molecule has 0 saturated heterocycles. The van der Waals surface area contributed by atoms with Crippen LogP contribution in [-0.4, -0.2) is 27.0 Å². The monoisotopic (exact) mass is 1650 g/mol. The largest absolute Gasteiger partial charge is 0.506 e. The third kappa shape index (κ3) is 13.5. The Kier molecular flexibility index (Phi) is 20.9. The first-order valence-electron chi connectivity index (χ1n) is 19.3. The summed E-state index contributed by atoms with van der Waals surface area (Å²) in [7, 11) is 0. The van der Waals surface area contributed by atoms with Crippen molar-refractivity contribution < 1.29 is 25.2 Å². The molecule has 6 aromatic carbocycles. The minimum absolute atomic E-state index is 0.144. The Hall–Kier alpha value is 0.0800. The number of halogens is 12. The molecule has 348 valence electrons. The maximum absolute atomic E-state index is 9.85. The summed E-state index contributed by atoms with van der Waals surface area (Å²) in [5.41, 5.74) is 7.02. The van der Waals surface area contributed by atoms with Crippen molar-refractivity contribution in [2.24, 2.45) is 0 Å². The van der Waals surface area contributed by atoms with Gasteiger partial charge in [0, 0.05) is 25.2 Å². The van der Waals surface area contributed by atoms with E-state index in [9.17, 15) is 20.4 Å². The number of rotatable bonds is 8. The van der Waals surface area contributed by atoms with Gasteiger partial charge in [-0.1, -0.05) is 73.4 Å². The Balaban J connectivity index is 0.000000214. The maximum Gasteiger partial charge on any atom is 0.147 e. The van der Waals surface area contributed by atoms with Crippen LogP contribution in [0.25, 0.3) is 0 Å². The van der Waals surface area contributed by atoms with Crippen molar-refractivity contribution in [1.82, 2.24) is 0 Å². The molecule has 0 unspecified atom stereocenters. The molecular formula is C48H42Br12O5. The molecule has 0 radical (unpaired) electrons. The van der Waals surface area contributed by atoms with Crippen LogP contribution in [0.1, 0.15) is 87.4 Å². The van der Waals surface area contributed by atoms with Gasteiger partial charge in [-0.15, -0.1) is 0 Å². The standard InChI is InChI=1S/C18H18Br4O.2C15H12Br4O2/c1-5-23-17-15(21)8-12(9-16(17)22)18(3,4)11-6-13(19)10(2)14(20)7-11;2*1-15(2,7-3-9(16)13(20)10(17)4-7)8-5-11(18)14(21)12(19)6-8/h6-9H,5H2,1-4H3;2*3-6,20-21H,1-2H3. The predicted molar refractivity (Wildman–Crippen MR) is 310 cm³/mol. The Morgan fingerprint density at radius 2 is 0.508 bits per heavy atom. The normalized spacial score (nSPS) is 11.7. The third-order valence-corrected chi connectivity index (χ3v) is 18.6. The Morgan fingerprint density at radius 1 is 0.338 bits per heavy atom. The van der Waals surface area contributed by atoms with E-state index in [1.165, 1.54) is 16.7 Å². The zero-order valence-corrected chi connectivity index (χ0v) is 54.9. The van der Waals surface area contributed by atoms with Gasteiger partial charge in [0.15, 0.2) is 0 Å². The van der Waals surface area contributed by atoms with E-state index < -0.39 is 0 Å². The molecule has 0 spiro atoms. The van der Waals surface area contributed by atoms with E-state index in [0.29, 0.717) is 42.4 Å². The minimum Gasteiger partial charge on any atom is -0.506 e. The topological polar surface area (TPSA) is 90.2 Å². The average molecular weight is 1660 g/mol. The van der Waals surface area contributed by atoms with Gasteiger partial charge in [0.2, 0.25) is 0 Å². The van der Waals surface area contributed by atoms with Crippen LogP contribution in [0, 0.1) is 6.92 Å². The summed E-state index contributed by atoms with van der Waals surface area (Å²) in [5.74, 6) is 1.58. The van der Waals surface area contributed by atoms with Crippen molar-refractivity contribution in [2.45, 2.75) is 71.6 Å². The number of hydrogen-bond acceptors (Lipinski definition) is 5. The fourth-order valence-electron chi connectivity index (χ4n) is 6.41. The second-order valence-electron chi connectivity index (χ2n) is 16.3. The number of phenolic OH excluding ortho intramolecular Hbond substituents is 4. The molecule has 65 heavy (non-hydrogen) atoms. The highest BCUT2D eigenvalue weighted by molar-refractivity contribution is 9.12. The average Bonchev–Trinajstić information content (AvgIpc) is 3.22.